The van der Waals surface area contributed by atoms with Crippen molar-refractivity contribution >= 4 is 5.97 Å². The summed E-state index contributed by atoms with van der Waals surface area (Å²) in [6.07, 6.45) is 0.878. The molecule has 0 amide bonds. The Bertz CT molecular complexity index is 639. The molecule has 0 radical (unpaired) electrons. The molecule has 0 spiro atoms. The van der Waals surface area contributed by atoms with E-state index < -0.39 is 12.1 Å². The standard InChI is InChI=1S/C16H22N4O3/c1-4-20-11-17-18-15(20)10-19(3)9-13-5-7-14(8-6-13)23-12(2)16(21)22/h5-8,11-12H,4,9-10H2,1-3H3,(H,21,22)/t12-/m0/s1. The lowest BCUT2D eigenvalue weighted by atomic mass is 10.2. The lowest BCUT2D eigenvalue weighted by Gasteiger charge is -2.17. The molecule has 1 aromatic carbocycles. The van der Waals surface area contributed by atoms with Gasteiger partial charge in [-0.2, -0.15) is 0 Å². The molecule has 0 bridgehead atoms. The van der Waals surface area contributed by atoms with Crippen molar-refractivity contribution in [2.24, 2.45) is 0 Å². The molecular formula is C16H22N4O3. The van der Waals surface area contributed by atoms with Crippen molar-refractivity contribution < 1.29 is 14.6 Å². The summed E-state index contributed by atoms with van der Waals surface area (Å²) in [6, 6.07) is 7.45. The molecule has 0 aliphatic rings. The van der Waals surface area contributed by atoms with Crippen LogP contribution in [0.5, 0.6) is 5.75 Å². The highest BCUT2D eigenvalue weighted by Gasteiger charge is 2.12. The van der Waals surface area contributed by atoms with E-state index in [9.17, 15) is 4.79 Å². The summed E-state index contributed by atoms with van der Waals surface area (Å²) < 4.78 is 7.33. The van der Waals surface area contributed by atoms with Crippen molar-refractivity contribution in [3.05, 3.63) is 42.0 Å². The first-order chi connectivity index (χ1) is 11.0. The largest absolute Gasteiger partial charge is 0.479 e. The van der Waals surface area contributed by atoms with Gasteiger partial charge in [-0.25, -0.2) is 4.79 Å². The Morgan fingerprint density at radius 3 is 2.65 bits per heavy atom. The lowest BCUT2D eigenvalue weighted by molar-refractivity contribution is -0.144. The van der Waals surface area contributed by atoms with Crippen LogP contribution in [-0.2, 0) is 24.4 Å². The average Bonchev–Trinajstić information content (AvgIpc) is 2.96. The predicted molar refractivity (Wildman–Crippen MR) is 85.0 cm³/mol. The fourth-order valence-electron chi connectivity index (χ4n) is 2.20. The van der Waals surface area contributed by atoms with Gasteiger partial charge in [-0.05, 0) is 38.6 Å². The number of ether oxygens (including phenoxy) is 1. The van der Waals surface area contributed by atoms with Crippen LogP contribution in [0.15, 0.2) is 30.6 Å². The molecule has 1 aromatic heterocycles. The number of carboxylic acids is 1. The zero-order valence-corrected chi connectivity index (χ0v) is 13.6. The Balaban J connectivity index is 1.91. The fourth-order valence-corrected chi connectivity index (χ4v) is 2.20. The summed E-state index contributed by atoms with van der Waals surface area (Å²) in [5.41, 5.74) is 1.12. The lowest BCUT2D eigenvalue weighted by Crippen LogP contribution is -2.23. The number of rotatable bonds is 8. The van der Waals surface area contributed by atoms with Crippen molar-refractivity contribution in [2.45, 2.75) is 39.6 Å². The second kappa shape index (κ2) is 7.73. The minimum atomic E-state index is -0.978. The van der Waals surface area contributed by atoms with E-state index >= 15 is 0 Å². The van der Waals surface area contributed by atoms with Gasteiger partial charge < -0.3 is 14.4 Å². The van der Waals surface area contributed by atoms with E-state index in [2.05, 4.69) is 22.0 Å². The maximum absolute atomic E-state index is 10.8. The highest BCUT2D eigenvalue weighted by Crippen LogP contribution is 2.15. The number of aromatic nitrogens is 3. The zero-order valence-electron chi connectivity index (χ0n) is 13.6. The Kier molecular flexibility index (Phi) is 5.70. The highest BCUT2D eigenvalue weighted by molar-refractivity contribution is 5.72. The van der Waals surface area contributed by atoms with E-state index in [-0.39, 0.29) is 0 Å². The van der Waals surface area contributed by atoms with Gasteiger partial charge in [-0.15, -0.1) is 10.2 Å². The van der Waals surface area contributed by atoms with Crippen LogP contribution >= 0.6 is 0 Å². The third-order valence-electron chi connectivity index (χ3n) is 3.48. The van der Waals surface area contributed by atoms with Crippen LogP contribution in [0.25, 0.3) is 0 Å². The van der Waals surface area contributed by atoms with Crippen molar-refractivity contribution in [1.82, 2.24) is 19.7 Å². The normalized spacial score (nSPS) is 12.3. The van der Waals surface area contributed by atoms with Crippen LogP contribution < -0.4 is 4.74 Å². The van der Waals surface area contributed by atoms with Gasteiger partial charge in [-0.1, -0.05) is 12.1 Å². The summed E-state index contributed by atoms with van der Waals surface area (Å²) in [4.78, 5) is 12.9. The number of aliphatic carboxylic acids is 1. The van der Waals surface area contributed by atoms with Crippen molar-refractivity contribution in [2.75, 3.05) is 7.05 Å². The van der Waals surface area contributed by atoms with Gasteiger partial charge in [0.15, 0.2) is 6.10 Å². The molecular weight excluding hydrogens is 296 g/mol. The minimum absolute atomic E-state index is 0.553. The number of benzene rings is 1. The number of hydrogen-bond donors (Lipinski definition) is 1. The summed E-state index contributed by atoms with van der Waals surface area (Å²) >= 11 is 0. The fraction of sp³-hybridized carbons (Fsp3) is 0.438. The van der Waals surface area contributed by atoms with E-state index in [1.807, 2.05) is 23.7 Å². The molecule has 1 atom stereocenters. The topological polar surface area (TPSA) is 80.5 Å². The van der Waals surface area contributed by atoms with Gasteiger partial charge in [0.05, 0.1) is 6.54 Å². The Labute approximate surface area is 135 Å². The predicted octanol–water partition coefficient (Wildman–Crippen LogP) is 1.78. The zero-order chi connectivity index (χ0) is 16.8. The van der Waals surface area contributed by atoms with Crippen LogP contribution in [0.3, 0.4) is 0 Å². The van der Waals surface area contributed by atoms with Gasteiger partial charge in [0.25, 0.3) is 0 Å². The van der Waals surface area contributed by atoms with Crippen LogP contribution in [0.4, 0.5) is 0 Å². The highest BCUT2D eigenvalue weighted by atomic mass is 16.5. The molecule has 0 saturated heterocycles. The van der Waals surface area contributed by atoms with E-state index in [1.165, 1.54) is 6.92 Å². The van der Waals surface area contributed by atoms with Crippen molar-refractivity contribution in [1.29, 1.82) is 0 Å². The van der Waals surface area contributed by atoms with Crippen LogP contribution in [0.1, 0.15) is 25.2 Å². The number of carbonyl (C=O) groups is 1. The van der Waals surface area contributed by atoms with Crippen LogP contribution in [-0.4, -0.2) is 43.9 Å². The first-order valence-electron chi connectivity index (χ1n) is 7.53. The van der Waals surface area contributed by atoms with Crippen molar-refractivity contribution in [3.63, 3.8) is 0 Å². The molecule has 7 heteroatoms. The molecule has 1 N–H and O–H groups in total. The molecule has 0 fully saturated rings. The van der Waals surface area contributed by atoms with Gasteiger partial charge in [0, 0.05) is 13.1 Å². The van der Waals surface area contributed by atoms with Crippen LogP contribution in [0, 0.1) is 0 Å². The van der Waals surface area contributed by atoms with Gasteiger partial charge >= 0.3 is 5.97 Å². The third kappa shape index (κ3) is 4.79. The monoisotopic (exact) mass is 318 g/mol. The third-order valence-corrected chi connectivity index (χ3v) is 3.48. The second-order valence-corrected chi connectivity index (χ2v) is 5.45. The molecule has 0 unspecified atom stereocenters. The Morgan fingerprint density at radius 1 is 1.35 bits per heavy atom. The molecule has 124 valence electrons. The molecule has 2 aromatic rings. The summed E-state index contributed by atoms with van der Waals surface area (Å²) in [7, 11) is 2.02. The van der Waals surface area contributed by atoms with Gasteiger partial charge in [0.2, 0.25) is 0 Å². The maximum atomic E-state index is 10.8. The molecule has 7 nitrogen and oxygen atoms in total. The number of hydrogen-bond acceptors (Lipinski definition) is 5. The molecule has 0 saturated carbocycles. The molecule has 2 rings (SSSR count). The van der Waals surface area contributed by atoms with Crippen LogP contribution in [0.2, 0.25) is 0 Å². The van der Waals surface area contributed by atoms with E-state index in [0.717, 1.165) is 24.5 Å². The smallest absolute Gasteiger partial charge is 0.344 e. The summed E-state index contributed by atoms with van der Waals surface area (Å²) in [5.74, 6) is 0.510. The first kappa shape index (κ1) is 17.0. The molecule has 1 heterocycles. The SMILES string of the molecule is CCn1cnnc1CN(C)Cc1ccc(O[C@@H](C)C(=O)O)cc1. The quantitative estimate of drug-likeness (QED) is 0.799. The molecule has 0 aliphatic heterocycles. The first-order valence-corrected chi connectivity index (χ1v) is 7.53. The summed E-state index contributed by atoms with van der Waals surface area (Å²) in [6.45, 7) is 5.88. The number of nitrogens with zero attached hydrogens (tertiary/aromatic N) is 4. The number of aryl methyl sites for hydroxylation is 1. The van der Waals surface area contributed by atoms with E-state index in [1.54, 1.807) is 18.5 Å². The Morgan fingerprint density at radius 2 is 2.04 bits per heavy atom. The van der Waals surface area contributed by atoms with Gasteiger partial charge in [0.1, 0.15) is 17.9 Å². The molecule has 0 aliphatic carbocycles. The second-order valence-electron chi connectivity index (χ2n) is 5.45. The minimum Gasteiger partial charge on any atom is -0.479 e. The summed E-state index contributed by atoms with van der Waals surface area (Å²) in [5, 5.41) is 16.9. The van der Waals surface area contributed by atoms with Gasteiger partial charge in [-0.3, -0.25) is 4.90 Å². The number of carboxylic acid groups (broad SMARTS) is 1. The average molecular weight is 318 g/mol. The molecule has 23 heavy (non-hydrogen) atoms. The maximum Gasteiger partial charge on any atom is 0.344 e. The van der Waals surface area contributed by atoms with E-state index in [4.69, 9.17) is 9.84 Å². The van der Waals surface area contributed by atoms with E-state index in [0.29, 0.717) is 12.3 Å². The Hall–Kier alpha value is -2.41. The van der Waals surface area contributed by atoms with Crippen molar-refractivity contribution in [3.8, 4) is 5.75 Å².